The summed E-state index contributed by atoms with van der Waals surface area (Å²) in [5, 5.41) is 11.2. The van der Waals surface area contributed by atoms with Gasteiger partial charge < -0.3 is 10.6 Å². The third-order valence-electron chi connectivity index (χ3n) is 3.40. The molecule has 0 aliphatic carbocycles. The second-order valence-corrected chi connectivity index (χ2v) is 6.89. The number of benzene rings is 1. The fraction of sp³-hybridized carbons (Fsp3) is 0.412. The molecule has 0 aliphatic rings. The molecule has 2 N–H and O–H groups in total. The first-order valence-corrected chi connectivity index (χ1v) is 8.00. The van der Waals surface area contributed by atoms with Crippen molar-refractivity contribution in [3.8, 4) is 5.69 Å². The van der Waals surface area contributed by atoms with E-state index in [0.717, 1.165) is 11.4 Å². The molecule has 0 fully saturated rings. The van der Waals surface area contributed by atoms with Gasteiger partial charge in [-0.05, 0) is 25.2 Å². The minimum absolute atomic E-state index is 0. The van der Waals surface area contributed by atoms with Crippen LogP contribution in [0.15, 0.2) is 30.3 Å². The molecule has 1 amide bonds. The van der Waals surface area contributed by atoms with Crippen molar-refractivity contribution >= 4 is 35.7 Å². The minimum Gasteiger partial charge on any atom is -0.319 e. The molecular weight excluding hydrogens is 347 g/mol. The summed E-state index contributed by atoms with van der Waals surface area (Å²) in [6.07, 6.45) is 0.405. The van der Waals surface area contributed by atoms with Crippen LogP contribution in [0.25, 0.3) is 5.69 Å². The zero-order valence-corrected chi connectivity index (χ0v) is 16.0. The summed E-state index contributed by atoms with van der Waals surface area (Å²) in [5.74, 6) is 0.598. The summed E-state index contributed by atoms with van der Waals surface area (Å²) in [6, 6.07) is 9.32. The van der Waals surface area contributed by atoms with Gasteiger partial charge in [-0.15, -0.1) is 12.4 Å². The van der Waals surface area contributed by atoms with E-state index >= 15 is 0 Å². The second-order valence-electron chi connectivity index (χ2n) is 6.46. The maximum Gasteiger partial charge on any atom is 0.226 e. The average molecular weight is 371 g/mol. The van der Waals surface area contributed by atoms with Gasteiger partial charge in [-0.2, -0.15) is 5.10 Å². The molecular formula is C17H24Cl2N4O. The van der Waals surface area contributed by atoms with Crippen LogP contribution in [-0.4, -0.2) is 29.3 Å². The molecule has 2 rings (SSSR count). The van der Waals surface area contributed by atoms with Crippen LogP contribution < -0.4 is 10.6 Å². The third-order valence-corrected chi connectivity index (χ3v) is 3.64. The molecule has 0 atom stereocenters. The molecule has 0 unspecified atom stereocenters. The van der Waals surface area contributed by atoms with Crippen LogP contribution in [-0.2, 0) is 10.2 Å². The first-order chi connectivity index (χ1) is 10.8. The van der Waals surface area contributed by atoms with Crippen molar-refractivity contribution in [3.05, 3.63) is 41.0 Å². The van der Waals surface area contributed by atoms with Crippen LogP contribution in [0.2, 0.25) is 5.02 Å². The highest BCUT2D eigenvalue weighted by atomic mass is 35.5. The first kappa shape index (κ1) is 20.5. The van der Waals surface area contributed by atoms with E-state index in [2.05, 4.69) is 36.5 Å². The second kappa shape index (κ2) is 8.51. The fourth-order valence-electron chi connectivity index (χ4n) is 2.09. The van der Waals surface area contributed by atoms with Crippen molar-refractivity contribution in [2.75, 3.05) is 18.9 Å². The maximum atomic E-state index is 12.1. The topological polar surface area (TPSA) is 59.0 Å². The molecule has 5 nitrogen and oxygen atoms in total. The van der Waals surface area contributed by atoms with Crippen molar-refractivity contribution in [1.82, 2.24) is 15.1 Å². The predicted molar refractivity (Wildman–Crippen MR) is 102 cm³/mol. The molecule has 1 aromatic heterocycles. The van der Waals surface area contributed by atoms with Crippen LogP contribution in [0.4, 0.5) is 5.82 Å². The molecule has 24 heavy (non-hydrogen) atoms. The Kier molecular flexibility index (Phi) is 7.27. The van der Waals surface area contributed by atoms with Crippen molar-refractivity contribution in [2.24, 2.45) is 0 Å². The number of rotatable bonds is 5. The SMILES string of the molecule is CNCCC(=O)Nc1cc(C(C)(C)C)nn1-c1cccc(Cl)c1.Cl. The molecule has 0 saturated carbocycles. The standard InChI is InChI=1S/C17H23ClN4O.ClH/c1-17(2,3)14-11-15(20-16(23)8-9-19-4)22(21-14)13-7-5-6-12(18)10-13;/h5-7,10-11,19H,8-9H2,1-4H3,(H,20,23);1H. The number of carbonyl (C=O) groups excluding carboxylic acids is 1. The summed E-state index contributed by atoms with van der Waals surface area (Å²) in [4.78, 5) is 12.1. The lowest BCUT2D eigenvalue weighted by molar-refractivity contribution is -0.116. The van der Waals surface area contributed by atoms with Crippen molar-refractivity contribution in [2.45, 2.75) is 32.6 Å². The summed E-state index contributed by atoms with van der Waals surface area (Å²) < 4.78 is 1.73. The van der Waals surface area contributed by atoms with Gasteiger partial charge in [0.1, 0.15) is 5.82 Å². The van der Waals surface area contributed by atoms with Crippen LogP contribution in [0.1, 0.15) is 32.9 Å². The first-order valence-electron chi connectivity index (χ1n) is 7.62. The molecule has 0 bridgehead atoms. The van der Waals surface area contributed by atoms with E-state index in [0.29, 0.717) is 23.8 Å². The average Bonchev–Trinajstić information content (AvgIpc) is 2.89. The number of halogens is 2. The van der Waals surface area contributed by atoms with Gasteiger partial charge in [0.2, 0.25) is 5.91 Å². The van der Waals surface area contributed by atoms with Crippen LogP contribution in [0, 0.1) is 0 Å². The van der Waals surface area contributed by atoms with Gasteiger partial charge in [-0.25, -0.2) is 4.68 Å². The smallest absolute Gasteiger partial charge is 0.226 e. The number of hydrogen-bond acceptors (Lipinski definition) is 3. The van der Waals surface area contributed by atoms with Crippen molar-refractivity contribution < 1.29 is 4.79 Å². The van der Waals surface area contributed by atoms with Gasteiger partial charge >= 0.3 is 0 Å². The van der Waals surface area contributed by atoms with Gasteiger partial charge in [-0.3, -0.25) is 4.79 Å². The normalized spacial score (nSPS) is 11.0. The zero-order valence-electron chi connectivity index (χ0n) is 14.4. The van der Waals surface area contributed by atoms with Gasteiger partial charge in [0.25, 0.3) is 0 Å². The van der Waals surface area contributed by atoms with E-state index < -0.39 is 0 Å². The van der Waals surface area contributed by atoms with Crippen LogP contribution >= 0.6 is 24.0 Å². The largest absolute Gasteiger partial charge is 0.319 e. The van der Waals surface area contributed by atoms with Gasteiger partial charge in [0, 0.05) is 29.5 Å². The Bertz CT molecular complexity index is 692. The van der Waals surface area contributed by atoms with Crippen molar-refractivity contribution in [3.63, 3.8) is 0 Å². The zero-order chi connectivity index (χ0) is 17.0. The Morgan fingerprint density at radius 3 is 2.58 bits per heavy atom. The molecule has 7 heteroatoms. The molecule has 0 saturated heterocycles. The summed E-state index contributed by atoms with van der Waals surface area (Å²) >= 11 is 6.08. The molecule has 0 aliphatic heterocycles. The molecule has 2 aromatic rings. The Morgan fingerprint density at radius 2 is 2.00 bits per heavy atom. The molecule has 0 spiro atoms. The van der Waals surface area contributed by atoms with Crippen molar-refractivity contribution in [1.29, 1.82) is 0 Å². The monoisotopic (exact) mass is 370 g/mol. The lowest BCUT2D eigenvalue weighted by atomic mass is 9.92. The third kappa shape index (κ3) is 5.23. The molecule has 1 heterocycles. The number of amides is 1. The lowest BCUT2D eigenvalue weighted by Gasteiger charge is -2.14. The van der Waals surface area contributed by atoms with E-state index in [1.165, 1.54) is 0 Å². The molecule has 0 radical (unpaired) electrons. The number of hydrogen-bond donors (Lipinski definition) is 2. The van der Waals surface area contributed by atoms with E-state index in [9.17, 15) is 4.79 Å². The Labute approximate surface area is 154 Å². The van der Waals surface area contributed by atoms with E-state index in [-0.39, 0.29) is 23.7 Å². The van der Waals surface area contributed by atoms with E-state index in [1.807, 2.05) is 37.4 Å². The van der Waals surface area contributed by atoms with Crippen LogP contribution in [0.5, 0.6) is 0 Å². The highest BCUT2D eigenvalue weighted by Gasteiger charge is 2.21. The highest BCUT2D eigenvalue weighted by Crippen LogP contribution is 2.27. The minimum atomic E-state index is -0.117. The van der Waals surface area contributed by atoms with Gasteiger partial charge in [0.05, 0.1) is 11.4 Å². The predicted octanol–water partition coefficient (Wildman–Crippen LogP) is 3.79. The maximum absolute atomic E-state index is 12.1. The summed E-state index contributed by atoms with van der Waals surface area (Å²) in [7, 11) is 1.82. The number of aromatic nitrogens is 2. The lowest BCUT2D eigenvalue weighted by Crippen LogP contribution is -2.20. The molecule has 132 valence electrons. The Hall–Kier alpha value is -1.56. The van der Waals surface area contributed by atoms with Gasteiger partial charge in [-0.1, -0.05) is 38.4 Å². The summed E-state index contributed by atoms with van der Waals surface area (Å²) in [6.45, 7) is 6.89. The Balaban J connectivity index is 0.00000288. The Morgan fingerprint density at radius 1 is 1.29 bits per heavy atom. The highest BCUT2D eigenvalue weighted by molar-refractivity contribution is 6.30. The van der Waals surface area contributed by atoms with E-state index in [1.54, 1.807) is 4.68 Å². The molecule has 1 aromatic carbocycles. The summed E-state index contributed by atoms with van der Waals surface area (Å²) in [5.41, 5.74) is 1.60. The fourth-order valence-corrected chi connectivity index (χ4v) is 2.27. The van der Waals surface area contributed by atoms with E-state index in [4.69, 9.17) is 11.6 Å². The number of anilines is 1. The number of carbonyl (C=O) groups is 1. The van der Waals surface area contributed by atoms with Gasteiger partial charge in [0.15, 0.2) is 0 Å². The van der Waals surface area contributed by atoms with Crippen LogP contribution in [0.3, 0.4) is 0 Å². The number of nitrogens with zero attached hydrogens (tertiary/aromatic N) is 2. The number of nitrogens with one attached hydrogen (secondary N) is 2. The quantitative estimate of drug-likeness (QED) is 0.841.